The van der Waals surface area contributed by atoms with Crippen LogP contribution in [0.15, 0.2) is 65.0 Å². The van der Waals surface area contributed by atoms with Gasteiger partial charge in [-0.15, -0.1) is 0 Å². The lowest BCUT2D eigenvalue weighted by molar-refractivity contribution is -0.136. The van der Waals surface area contributed by atoms with Crippen molar-refractivity contribution in [1.29, 1.82) is 0 Å². The molecule has 4 rings (SSSR count). The number of carbonyl (C=O) groups excluding carboxylic acids is 2. The first kappa shape index (κ1) is 23.4. The second-order valence-electron chi connectivity index (χ2n) is 8.93. The van der Waals surface area contributed by atoms with Crippen molar-refractivity contribution in [3.63, 3.8) is 0 Å². The molecule has 2 atom stereocenters. The summed E-state index contributed by atoms with van der Waals surface area (Å²) in [6.07, 6.45) is 1.00. The number of hydrogen-bond donors (Lipinski definition) is 2. The molecular formula is C27H30N2O5. The van der Waals surface area contributed by atoms with Crippen LogP contribution in [0.1, 0.15) is 42.7 Å². The van der Waals surface area contributed by atoms with Crippen LogP contribution in [0.4, 0.5) is 5.69 Å². The second kappa shape index (κ2) is 9.25. The summed E-state index contributed by atoms with van der Waals surface area (Å²) in [7, 11) is 6.78. The predicted molar refractivity (Wildman–Crippen MR) is 130 cm³/mol. The van der Waals surface area contributed by atoms with Crippen LogP contribution < -0.4 is 15.0 Å². The number of Topliss-reactive ketones (excluding diaryl/α,β-unsaturated/α-hetero) is 1. The smallest absolute Gasteiger partial charge is 0.336 e. The molecule has 1 heterocycles. The van der Waals surface area contributed by atoms with Crippen LogP contribution in [0.3, 0.4) is 0 Å². The highest BCUT2D eigenvalue weighted by atomic mass is 16.5. The Morgan fingerprint density at radius 1 is 1.06 bits per heavy atom. The summed E-state index contributed by atoms with van der Waals surface area (Å²) in [6.45, 7) is 1.82. The molecule has 7 nitrogen and oxygen atoms in total. The number of nitrogens with zero attached hydrogens (tertiary/aromatic N) is 1. The minimum atomic E-state index is -0.609. The highest BCUT2D eigenvalue weighted by molar-refractivity contribution is 6.04. The number of hydrogen-bond acceptors (Lipinski definition) is 7. The van der Waals surface area contributed by atoms with Gasteiger partial charge < -0.3 is 24.8 Å². The van der Waals surface area contributed by atoms with Crippen molar-refractivity contribution in [2.45, 2.75) is 31.6 Å². The number of ether oxygens (including phenoxy) is 2. The molecule has 0 amide bonds. The Kier molecular flexibility index (Phi) is 6.37. The van der Waals surface area contributed by atoms with Gasteiger partial charge in [-0.25, -0.2) is 4.79 Å². The molecule has 7 heteroatoms. The molecule has 2 N–H and O–H groups in total. The van der Waals surface area contributed by atoms with Gasteiger partial charge in [0.05, 0.1) is 19.8 Å². The Labute approximate surface area is 199 Å². The lowest BCUT2D eigenvalue weighted by Gasteiger charge is -2.36. The van der Waals surface area contributed by atoms with Crippen LogP contribution in [0.5, 0.6) is 11.5 Å². The van der Waals surface area contributed by atoms with Gasteiger partial charge in [-0.3, -0.25) is 4.79 Å². The number of allylic oxidation sites excluding steroid dienone is 3. The fraction of sp³-hybridized carbons (Fsp3) is 0.333. The van der Waals surface area contributed by atoms with E-state index in [0.29, 0.717) is 35.2 Å². The Morgan fingerprint density at radius 2 is 1.74 bits per heavy atom. The van der Waals surface area contributed by atoms with Crippen LogP contribution in [0.2, 0.25) is 0 Å². The maximum Gasteiger partial charge on any atom is 0.336 e. The van der Waals surface area contributed by atoms with Gasteiger partial charge >= 0.3 is 5.97 Å². The number of ketones is 1. The zero-order valence-electron chi connectivity index (χ0n) is 20.1. The fourth-order valence-corrected chi connectivity index (χ4v) is 4.91. The number of carbonyl (C=O) groups is 2. The zero-order chi connectivity index (χ0) is 24.6. The van der Waals surface area contributed by atoms with Crippen LogP contribution in [0, 0.1) is 0 Å². The maximum atomic E-state index is 13.6. The fourth-order valence-electron chi connectivity index (χ4n) is 4.91. The molecule has 2 aromatic rings. The van der Waals surface area contributed by atoms with Gasteiger partial charge in [0.15, 0.2) is 17.3 Å². The molecule has 34 heavy (non-hydrogen) atoms. The van der Waals surface area contributed by atoms with Crippen LogP contribution in [-0.2, 0) is 14.3 Å². The van der Waals surface area contributed by atoms with Gasteiger partial charge in [0.1, 0.15) is 0 Å². The molecule has 0 spiro atoms. The molecule has 178 valence electrons. The number of benzene rings is 2. The molecule has 0 saturated heterocycles. The highest BCUT2D eigenvalue weighted by Crippen LogP contribution is 2.46. The van der Waals surface area contributed by atoms with E-state index in [9.17, 15) is 14.7 Å². The van der Waals surface area contributed by atoms with Crippen molar-refractivity contribution >= 4 is 17.4 Å². The van der Waals surface area contributed by atoms with Gasteiger partial charge in [0.2, 0.25) is 0 Å². The third kappa shape index (κ3) is 4.14. The van der Waals surface area contributed by atoms with Crippen molar-refractivity contribution in [3.8, 4) is 11.5 Å². The average Bonchev–Trinajstić information content (AvgIpc) is 2.83. The van der Waals surface area contributed by atoms with Gasteiger partial charge in [-0.2, -0.15) is 0 Å². The lowest BCUT2D eigenvalue weighted by Crippen LogP contribution is -2.36. The number of nitrogens with one attached hydrogen (secondary N) is 1. The number of methoxy groups -OCH3 is 2. The van der Waals surface area contributed by atoms with E-state index in [1.807, 2.05) is 25.9 Å². The number of rotatable bonds is 5. The number of anilines is 1. The summed E-state index contributed by atoms with van der Waals surface area (Å²) in [5.74, 6) is -0.808. The number of phenols is 1. The predicted octanol–water partition coefficient (Wildman–Crippen LogP) is 4.00. The molecule has 0 bridgehead atoms. The Morgan fingerprint density at radius 3 is 2.35 bits per heavy atom. The zero-order valence-corrected chi connectivity index (χ0v) is 20.1. The van der Waals surface area contributed by atoms with E-state index in [1.54, 1.807) is 12.1 Å². The molecule has 0 unspecified atom stereocenters. The van der Waals surface area contributed by atoms with Crippen LogP contribution in [0.25, 0.3) is 0 Å². The number of dihydropyridines is 1. The van der Waals surface area contributed by atoms with E-state index in [0.717, 1.165) is 16.9 Å². The highest BCUT2D eigenvalue weighted by Gasteiger charge is 2.41. The SMILES string of the molecule is COC(=O)C1=C(C)NC2=C(C(=O)C[C@@H](c3ccc(N(C)C)cc3)C2)[C@@H]1c1ccc(O)c(OC)c1. The van der Waals surface area contributed by atoms with Crippen LogP contribution in [-0.4, -0.2) is 45.2 Å². The Balaban J connectivity index is 1.78. The van der Waals surface area contributed by atoms with E-state index in [2.05, 4.69) is 29.6 Å². The van der Waals surface area contributed by atoms with E-state index in [4.69, 9.17) is 9.47 Å². The summed E-state index contributed by atoms with van der Waals surface area (Å²) in [5, 5.41) is 13.4. The van der Waals surface area contributed by atoms with E-state index in [1.165, 1.54) is 20.3 Å². The molecule has 1 aliphatic carbocycles. The van der Waals surface area contributed by atoms with Crippen molar-refractivity contribution in [2.75, 3.05) is 33.2 Å². The minimum Gasteiger partial charge on any atom is -0.504 e. The topological polar surface area (TPSA) is 88.1 Å². The lowest BCUT2D eigenvalue weighted by atomic mass is 9.71. The number of esters is 1. The van der Waals surface area contributed by atoms with Crippen molar-refractivity contribution < 1.29 is 24.2 Å². The maximum absolute atomic E-state index is 13.6. The van der Waals surface area contributed by atoms with E-state index in [-0.39, 0.29) is 23.2 Å². The van der Waals surface area contributed by atoms with Crippen molar-refractivity contribution in [2.24, 2.45) is 0 Å². The summed E-state index contributed by atoms with van der Waals surface area (Å²) in [4.78, 5) is 28.4. The molecule has 2 aromatic carbocycles. The van der Waals surface area contributed by atoms with E-state index < -0.39 is 11.9 Å². The number of aromatic hydroxyl groups is 1. The monoisotopic (exact) mass is 462 g/mol. The number of phenolic OH excluding ortho intramolecular Hbond substituents is 1. The van der Waals surface area contributed by atoms with Gasteiger partial charge in [0, 0.05) is 49.1 Å². The van der Waals surface area contributed by atoms with Gasteiger partial charge in [-0.05, 0) is 54.7 Å². The first-order valence-corrected chi connectivity index (χ1v) is 11.2. The normalized spacial score (nSPS) is 20.0. The molecular weight excluding hydrogens is 432 g/mol. The largest absolute Gasteiger partial charge is 0.504 e. The summed E-state index contributed by atoms with van der Waals surface area (Å²) < 4.78 is 10.4. The molecule has 0 saturated carbocycles. The summed E-state index contributed by atoms with van der Waals surface area (Å²) in [5.41, 5.74) is 5.32. The molecule has 1 aliphatic heterocycles. The van der Waals surface area contributed by atoms with Gasteiger partial charge in [-0.1, -0.05) is 18.2 Å². The molecule has 0 aromatic heterocycles. The standard InChI is InChI=1S/C27H30N2O5/c1-15-24(27(32)34-5)25(17-8-11-21(30)23(14-17)33-4)26-20(28-15)12-18(13-22(26)31)16-6-9-19(10-7-16)29(2)3/h6-11,14,18,25,28,30H,12-13H2,1-5H3/t18-,25+/m0/s1. The van der Waals surface area contributed by atoms with Crippen LogP contribution >= 0.6 is 0 Å². The van der Waals surface area contributed by atoms with Crippen molar-refractivity contribution in [3.05, 3.63) is 76.1 Å². The quantitative estimate of drug-likeness (QED) is 0.650. The molecule has 0 fully saturated rings. The third-order valence-electron chi connectivity index (χ3n) is 6.65. The first-order chi connectivity index (χ1) is 16.2. The minimum absolute atomic E-state index is 0.00841. The summed E-state index contributed by atoms with van der Waals surface area (Å²) >= 11 is 0. The Bertz CT molecular complexity index is 1190. The average molecular weight is 463 g/mol. The Hall–Kier alpha value is -3.74. The molecule has 0 radical (unpaired) electrons. The van der Waals surface area contributed by atoms with Gasteiger partial charge in [0.25, 0.3) is 0 Å². The first-order valence-electron chi connectivity index (χ1n) is 11.2. The summed E-state index contributed by atoms with van der Waals surface area (Å²) in [6, 6.07) is 13.2. The third-order valence-corrected chi connectivity index (χ3v) is 6.65. The van der Waals surface area contributed by atoms with Crippen molar-refractivity contribution in [1.82, 2.24) is 5.32 Å². The van der Waals surface area contributed by atoms with E-state index >= 15 is 0 Å². The molecule has 2 aliphatic rings. The second-order valence-corrected chi connectivity index (χ2v) is 8.93.